The largest absolute Gasteiger partial charge is 0.481 e. The molecule has 0 radical (unpaired) electrons. The van der Waals surface area contributed by atoms with Gasteiger partial charge in [0.05, 0.1) is 11.0 Å². The summed E-state index contributed by atoms with van der Waals surface area (Å²) in [6.07, 6.45) is 9.01. The normalized spacial score (nSPS) is 30.4. The van der Waals surface area contributed by atoms with Gasteiger partial charge in [0.1, 0.15) is 5.60 Å². The minimum atomic E-state index is -0.574. The number of hydrogen-bond acceptors (Lipinski definition) is 5. The average molecular weight is 469 g/mol. The van der Waals surface area contributed by atoms with Gasteiger partial charge < -0.3 is 14.7 Å². The van der Waals surface area contributed by atoms with Crippen LogP contribution in [0.4, 0.5) is 5.69 Å². The first-order chi connectivity index (χ1) is 16.1. The number of carboxylic acids is 1. The number of aliphatic carboxylic acids is 1. The third-order valence-corrected chi connectivity index (χ3v) is 8.89. The number of esters is 1. The van der Waals surface area contributed by atoms with E-state index in [-0.39, 0.29) is 16.9 Å². The molecule has 2 heterocycles. The Morgan fingerprint density at radius 3 is 1.97 bits per heavy atom. The molecule has 1 aromatic rings. The van der Waals surface area contributed by atoms with Crippen LogP contribution >= 0.6 is 0 Å². The number of nitrogens with zero attached hydrogens (tertiary/aromatic N) is 2. The molecule has 2 aliphatic heterocycles. The molecule has 5 aliphatic rings. The van der Waals surface area contributed by atoms with E-state index in [0.717, 1.165) is 57.3 Å². The lowest BCUT2D eigenvalue weighted by Gasteiger charge is -2.72. The van der Waals surface area contributed by atoms with Gasteiger partial charge in [-0.2, -0.15) is 0 Å². The number of anilines is 1. The van der Waals surface area contributed by atoms with Gasteiger partial charge in [-0.1, -0.05) is 0 Å². The second kappa shape index (κ2) is 8.54. The van der Waals surface area contributed by atoms with Crippen LogP contribution in [-0.4, -0.2) is 59.3 Å². The minimum Gasteiger partial charge on any atom is -0.481 e. The summed E-state index contributed by atoms with van der Waals surface area (Å²) in [4.78, 5) is 28.7. The van der Waals surface area contributed by atoms with Gasteiger partial charge in [0.25, 0.3) is 0 Å². The zero-order chi connectivity index (χ0) is 24.1. The summed E-state index contributed by atoms with van der Waals surface area (Å²) in [7, 11) is 0. The van der Waals surface area contributed by atoms with E-state index in [1.165, 1.54) is 37.8 Å². The highest BCUT2D eigenvalue weighted by atomic mass is 16.6. The molecule has 6 nitrogen and oxygen atoms in total. The molecule has 2 bridgehead atoms. The third-order valence-electron chi connectivity index (χ3n) is 8.89. The summed E-state index contributed by atoms with van der Waals surface area (Å²) < 4.78 is 5.47. The Balaban J connectivity index is 1.04. The molecule has 186 valence electrons. The van der Waals surface area contributed by atoms with E-state index >= 15 is 0 Å². The highest BCUT2D eigenvalue weighted by Crippen LogP contribution is 2.70. The van der Waals surface area contributed by atoms with Gasteiger partial charge in [-0.15, -0.1) is 0 Å². The molecule has 6 rings (SSSR count). The smallest absolute Gasteiger partial charge is 0.338 e. The Labute approximate surface area is 203 Å². The Hall–Kier alpha value is -2.08. The van der Waals surface area contributed by atoms with E-state index in [2.05, 4.69) is 21.9 Å². The summed E-state index contributed by atoms with van der Waals surface area (Å²) in [5, 5.41) is 9.39. The van der Waals surface area contributed by atoms with Crippen LogP contribution in [0.25, 0.3) is 0 Å². The van der Waals surface area contributed by atoms with Crippen molar-refractivity contribution in [3.63, 3.8) is 0 Å². The van der Waals surface area contributed by atoms with E-state index in [1.54, 1.807) is 0 Å². The number of ether oxygens (including phenoxy) is 1. The van der Waals surface area contributed by atoms with E-state index in [0.29, 0.717) is 5.56 Å². The number of likely N-dealkylation sites (tertiary alicyclic amines) is 1. The zero-order valence-corrected chi connectivity index (χ0v) is 21.0. The number of benzene rings is 1. The average Bonchev–Trinajstić information content (AvgIpc) is 2.72. The quantitative estimate of drug-likeness (QED) is 0.595. The predicted molar refractivity (Wildman–Crippen MR) is 132 cm³/mol. The maximum absolute atomic E-state index is 12.3. The van der Waals surface area contributed by atoms with Crippen molar-refractivity contribution >= 4 is 17.6 Å². The van der Waals surface area contributed by atoms with E-state index in [9.17, 15) is 14.7 Å². The van der Waals surface area contributed by atoms with Gasteiger partial charge in [0, 0.05) is 24.3 Å². The van der Waals surface area contributed by atoms with Crippen LogP contribution < -0.4 is 4.90 Å². The summed E-state index contributed by atoms with van der Waals surface area (Å²) in [6, 6.07) is 7.87. The minimum absolute atomic E-state index is 0.244. The molecule has 3 saturated carbocycles. The highest BCUT2D eigenvalue weighted by molar-refractivity contribution is 5.90. The number of rotatable bonds is 6. The molecule has 6 heteroatoms. The van der Waals surface area contributed by atoms with Gasteiger partial charge in [-0.05, 0) is 121 Å². The highest BCUT2D eigenvalue weighted by Gasteiger charge is 2.73. The van der Waals surface area contributed by atoms with Gasteiger partial charge >= 0.3 is 11.9 Å². The van der Waals surface area contributed by atoms with Gasteiger partial charge in [-0.25, -0.2) is 4.79 Å². The van der Waals surface area contributed by atoms with Crippen molar-refractivity contribution in [2.45, 2.75) is 83.3 Å². The monoisotopic (exact) mass is 468 g/mol. The van der Waals surface area contributed by atoms with Crippen molar-refractivity contribution in [3.8, 4) is 0 Å². The van der Waals surface area contributed by atoms with Crippen molar-refractivity contribution in [2.24, 2.45) is 17.3 Å². The van der Waals surface area contributed by atoms with E-state index in [4.69, 9.17) is 4.74 Å². The molecule has 0 aromatic heterocycles. The second-order valence-corrected chi connectivity index (χ2v) is 12.5. The summed E-state index contributed by atoms with van der Waals surface area (Å²) >= 11 is 0. The van der Waals surface area contributed by atoms with Crippen LogP contribution in [0, 0.1) is 17.3 Å². The molecule has 1 N–H and O–H groups in total. The molecule has 0 atom stereocenters. The van der Waals surface area contributed by atoms with Crippen LogP contribution in [0.3, 0.4) is 0 Å². The summed E-state index contributed by atoms with van der Waals surface area (Å²) in [5.74, 6) is 0.787. The molecule has 0 unspecified atom stereocenters. The number of hydrogen-bond donors (Lipinski definition) is 1. The molecule has 3 aliphatic carbocycles. The molecule has 1 aromatic carbocycles. The van der Waals surface area contributed by atoms with Crippen molar-refractivity contribution in [2.75, 3.05) is 31.1 Å². The Kier molecular flexibility index (Phi) is 5.94. The molecule has 0 amide bonds. The molecule has 2 saturated heterocycles. The first kappa shape index (κ1) is 23.7. The number of carbonyl (C=O) groups is 2. The lowest BCUT2D eigenvalue weighted by atomic mass is 9.38. The van der Waals surface area contributed by atoms with Gasteiger partial charge in [0.2, 0.25) is 0 Å². The number of carbonyl (C=O) groups excluding carboxylic acids is 1. The van der Waals surface area contributed by atoms with Crippen LogP contribution in [0.1, 0.15) is 82.5 Å². The fourth-order valence-corrected chi connectivity index (χ4v) is 6.98. The van der Waals surface area contributed by atoms with Gasteiger partial charge in [0.15, 0.2) is 0 Å². The molecule has 34 heavy (non-hydrogen) atoms. The van der Waals surface area contributed by atoms with Crippen LogP contribution in [0.5, 0.6) is 0 Å². The van der Waals surface area contributed by atoms with Crippen molar-refractivity contribution in [1.29, 1.82) is 0 Å². The predicted octanol–water partition coefficient (Wildman–Crippen LogP) is 4.97. The van der Waals surface area contributed by atoms with E-state index < -0.39 is 11.6 Å². The van der Waals surface area contributed by atoms with E-state index in [1.807, 2.05) is 32.9 Å². The maximum atomic E-state index is 12.3. The lowest BCUT2D eigenvalue weighted by Crippen LogP contribution is -2.77. The first-order valence-electron chi connectivity index (χ1n) is 13.1. The standard InChI is InChI=1S/C28H40N2O4/c1-26(2,3)34-24(31)22-4-6-23(7-5-22)29-12-8-20(9-13-29)16-21-10-14-30(15-11-21)28-17-27(18-28,19-28)25(32)33/h4-7,20-21H,8-19H2,1-3H3,(H,32,33). The molecular formula is C28H40N2O4. The van der Waals surface area contributed by atoms with Crippen molar-refractivity contribution in [1.82, 2.24) is 4.90 Å². The zero-order valence-electron chi connectivity index (χ0n) is 21.0. The Morgan fingerprint density at radius 2 is 1.47 bits per heavy atom. The first-order valence-corrected chi connectivity index (χ1v) is 13.1. The summed E-state index contributed by atoms with van der Waals surface area (Å²) in [5.41, 5.74) is 1.21. The Morgan fingerprint density at radius 1 is 0.941 bits per heavy atom. The fourth-order valence-electron chi connectivity index (χ4n) is 6.98. The lowest BCUT2D eigenvalue weighted by molar-refractivity contribution is -0.235. The second-order valence-electron chi connectivity index (χ2n) is 12.5. The molecule has 5 fully saturated rings. The summed E-state index contributed by atoms with van der Waals surface area (Å²) in [6.45, 7) is 10.1. The number of piperidine rings is 2. The van der Waals surface area contributed by atoms with Crippen LogP contribution in [0.15, 0.2) is 24.3 Å². The molecular weight excluding hydrogens is 428 g/mol. The maximum Gasteiger partial charge on any atom is 0.338 e. The Bertz CT molecular complexity index is 899. The van der Waals surface area contributed by atoms with Crippen LogP contribution in [0.2, 0.25) is 0 Å². The van der Waals surface area contributed by atoms with Crippen molar-refractivity contribution < 1.29 is 19.4 Å². The van der Waals surface area contributed by atoms with Crippen LogP contribution in [-0.2, 0) is 9.53 Å². The molecule has 0 spiro atoms. The SMILES string of the molecule is CC(C)(C)OC(=O)c1ccc(N2CCC(CC3CCN(C45CC(C(=O)O)(C4)C5)CC3)CC2)cc1. The third kappa shape index (κ3) is 4.46. The van der Waals surface area contributed by atoms with Gasteiger partial charge in [-0.3, -0.25) is 9.69 Å². The number of carboxylic acid groups (broad SMARTS) is 1. The topological polar surface area (TPSA) is 70.1 Å². The van der Waals surface area contributed by atoms with Crippen molar-refractivity contribution in [3.05, 3.63) is 29.8 Å². The fraction of sp³-hybridized carbons (Fsp3) is 0.714.